The van der Waals surface area contributed by atoms with Crippen LogP contribution in [0.2, 0.25) is 0 Å². The summed E-state index contributed by atoms with van der Waals surface area (Å²) in [6, 6.07) is 23.8. The van der Waals surface area contributed by atoms with Gasteiger partial charge in [0.2, 0.25) is 0 Å². The molecule has 4 heteroatoms. The average Bonchev–Trinajstić information content (AvgIpc) is 2.77. The molecule has 3 aromatic rings. The van der Waals surface area contributed by atoms with Gasteiger partial charge in [-0.25, -0.2) is 8.78 Å². The molecule has 0 aliphatic rings. The minimum absolute atomic E-state index is 0.00180. The van der Waals surface area contributed by atoms with Crippen LogP contribution in [0.3, 0.4) is 0 Å². The number of hydrogen-bond donors (Lipinski definition) is 1. The normalized spacial score (nSPS) is 13.4. The predicted molar refractivity (Wildman–Crippen MR) is 117 cm³/mol. The molecule has 2 atom stereocenters. The van der Waals surface area contributed by atoms with Crippen LogP contribution in [0.4, 0.5) is 8.78 Å². The van der Waals surface area contributed by atoms with E-state index in [0.717, 1.165) is 23.6 Å². The number of aliphatic hydroxyl groups excluding tert-OH is 1. The smallest absolute Gasteiger partial charge is 0.129 e. The zero-order valence-electron chi connectivity index (χ0n) is 17.3. The third kappa shape index (κ3) is 5.97. The molecular weight excluding hydrogens is 380 g/mol. The Labute approximate surface area is 177 Å². The lowest BCUT2D eigenvalue weighted by Crippen LogP contribution is -2.35. The summed E-state index contributed by atoms with van der Waals surface area (Å²) in [5, 5.41) is 10.2. The van der Waals surface area contributed by atoms with Crippen LogP contribution in [0.25, 0.3) is 0 Å². The topological polar surface area (TPSA) is 23.5 Å². The number of rotatable bonds is 10. The molecule has 30 heavy (non-hydrogen) atoms. The van der Waals surface area contributed by atoms with Crippen molar-refractivity contribution in [2.24, 2.45) is 5.92 Å². The molecule has 0 spiro atoms. The molecule has 3 rings (SSSR count). The summed E-state index contributed by atoms with van der Waals surface area (Å²) >= 11 is 0. The third-order valence-electron chi connectivity index (χ3n) is 5.62. The highest BCUT2D eigenvalue weighted by molar-refractivity contribution is 5.22. The number of nitrogens with zero attached hydrogens (tertiary/aromatic N) is 1. The average molecular weight is 410 g/mol. The van der Waals surface area contributed by atoms with Gasteiger partial charge in [-0.2, -0.15) is 0 Å². The molecule has 0 aromatic heterocycles. The van der Waals surface area contributed by atoms with E-state index in [1.165, 1.54) is 12.1 Å². The molecular formula is C26H29F2NO. The van der Waals surface area contributed by atoms with Gasteiger partial charge in [0.25, 0.3) is 0 Å². The van der Waals surface area contributed by atoms with Crippen molar-refractivity contribution < 1.29 is 13.9 Å². The Morgan fingerprint density at radius 3 is 2.17 bits per heavy atom. The van der Waals surface area contributed by atoms with Gasteiger partial charge in [-0.3, -0.25) is 4.90 Å². The predicted octanol–water partition coefficient (Wildman–Crippen LogP) is 5.77. The molecule has 3 aromatic carbocycles. The summed E-state index contributed by atoms with van der Waals surface area (Å²) in [5.74, 6) is -0.879. The molecule has 158 valence electrons. The van der Waals surface area contributed by atoms with Gasteiger partial charge in [-0.1, -0.05) is 80.1 Å². The second-order valence-corrected chi connectivity index (χ2v) is 7.74. The van der Waals surface area contributed by atoms with Crippen molar-refractivity contribution in [2.75, 3.05) is 13.2 Å². The van der Waals surface area contributed by atoms with Crippen molar-refractivity contribution in [2.45, 2.75) is 32.4 Å². The molecule has 0 amide bonds. The Morgan fingerprint density at radius 2 is 1.57 bits per heavy atom. The zero-order valence-corrected chi connectivity index (χ0v) is 17.3. The Morgan fingerprint density at radius 1 is 0.900 bits per heavy atom. The minimum Gasteiger partial charge on any atom is -0.394 e. The van der Waals surface area contributed by atoms with Gasteiger partial charge in [0.15, 0.2) is 0 Å². The van der Waals surface area contributed by atoms with Crippen LogP contribution >= 0.6 is 0 Å². The van der Waals surface area contributed by atoms with E-state index in [0.29, 0.717) is 25.1 Å². The maximum absolute atomic E-state index is 14.2. The van der Waals surface area contributed by atoms with E-state index in [1.54, 1.807) is 0 Å². The molecule has 2 nitrogen and oxygen atoms in total. The van der Waals surface area contributed by atoms with Gasteiger partial charge in [-0.15, -0.1) is 0 Å². The second-order valence-electron chi connectivity index (χ2n) is 7.74. The largest absolute Gasteiger partial charge is 0.394 e. The molecule has 0 heterocycles. The van der Waals surface area contributed by atoms with Crippen molar-refractivity contribution in [1.29, 1.82) is 0 Å². The fourth-order valence-electron chi connectivity index (χ4n) is 3.89. The quantitative estimate of drug-likeness (QED) is 0.460. The van der Waals surface area contributed by atoms with E-state index in [2.05, 4.69) is 24.0 Å². The number of halogens is 2. The fourth-order valence-corrected chi connectivity index (χ4v) is 3.89. The summed E-state index contributed by atoms with van der Waals surface area (Å²) in [7, 11) is 0. The van der Waals surface area contributed by atoms with Crippen LogP contribution in [0, 0.1) is 17.6 Å². The lowest BCUT2D eigenvalue weighted by molar-refractivity contribution is 0.0983. The van der Waals surface area contributed by atoms with Gasteiger partial charge in [0, 0.05) is 19.2 Å². The van der Waals surface area contributed by atoms with Crippen LogP contribution in [0.15, 0.2) is 78.9 Å². The van der Waals surface area contributed by atoms with E-state index in [-0.39, 0.29) is 18.6 Å². The summed E-state index contributed by atoms with van der Waals surface area (Å²) in [5.41, 5.74) is 2.75. The Bertz CT molecular complexity index is 901. The first kappa shape index (κ1) is 22.1. The van der Waals surface area contributed by atoms with Crippen molar-refractivity contribution in [3.8, 4) is 0 Å². The monoisotopic (exact) mass is 409 g/mol. The Kier molecular flexibility index (Phi) is 8.12. The van der Waals surface area contributed by atoms with Crippen LogP contribution in [-0.4, -0.2) is 23.2 Å². The molecule has 0 bridgehead atoms. The van der Waals surface area contributed by atoms with Crippen molar-refractivity contribution in [3.05, 3.63) is 107 Å². The Hall–Kier alpha value is -2.56. The van der Waals surface area contributed by atoms with Crippen LogP contribution in [-0.2, 0) is 13.0 Å². The molecule has 0 radical (unpaired) electrons. The Balaban J connectivity index is 1.84. The van der Waals surface area contributed by atoms with Gasteiger partial charge in [0.1, 0.15) is 11.6 Å². The molecule has 0 unspecified atom stereocenters. The van der Waals surface area contributed by atoms with E-state index in [9.17, 15) is 13.9 Å². The molecule has 0 aliphatic carbocycles. The van der Waals surface area contributed by atoms with E-state index in [4.69, 9.17) is 0 Å². The van der Waals surface area contributed by atoms with Crippen LogP contribution in [0.1, 0.15) is 36.1 Å². The lowest BCUT2D eigenvalue weighted by atomic mass is 9.94. The highest BCUT2D eigenvalue weighted by Gasteiger charge is 2.23. The molecule has 0 saturated carbocycles. The standard InChI is InChI=1S/C26H29F2NO/c1-2-20(15-23-13-14-24(27)16-25(23)28)17-29(18-21-9-5-3-6-10-21)26(19-30)22-11-7-4-8-12-22/h3-14,16,20,26,30H,2,15,17-19H2,1H3/t20-,26-/m0/s1. The maximum Gasteiger partial charge on any atom is 0.129 e. The van der Waals surface area contributed by atoms with Crippen molar-refractivity contribution in [3.63, 3.8) is 0 Å². The fraction of sp³-hybridized carbons (Fsp3) is 0.308. The third-order valence-corrected chi connectivity index (χ3v) is 5.62. The molecule has 0 aliphatic heterocycles. The summed E-state index contributed by atoms with van der Waals surface area (Å²) in [4.78, 5) is 2.26. The summed E-state index contributed by atoms with van der Waals surface area (Å²) in [6.07, 6.45) is 1.38. The number of hydrogen-bond acceptors (Lipinski definition) is 2. The van der Waals surface area contributed by atoms with E-state index < -0.39 is 11.6 Å². The maximum atomic E-state index is 14.2. The minimum atomic E-state index is -0.556. The van der Waals surface area contributed by atoms with Crippen molar-refractivity contribution in [1.82, 2.24) is 4.90 Å². The zero-order chi connectivity index (χ0) is 21.3. The first-order valence-corrected chi connectivity index (χ1v) is 10.5. The molecule has 0 saturated heterocycles. The first-order chi connectivity index (χ1) is 14.6. The van der Waals surface area contributed by atoms with E-state index >= 15 is 0 Å². The number of aliphatic hydroxyl groups is 1. The highest BCUT2D eigenvalue weighted by Crippen LogP contribution is 2.26. The molecule has 0 fully saturated rings. The van der Waals surface area contributed by atoms with E-state index in [1.807, 2.05) is 48.5 Å². The lowest BCUT2D eigenvalue weighted by Gasteiger charge is -2.34. The summed E-state index contributed by atoms with van der Waals surface area (Å²) < 4.78 is 27.5. The van der Waals surface area contributed by atoms with Crippen LogP contribution < -0.4 is 0 Å². The SMILES string of the molecule is CC[C@@H](Cc1ccc(F)cc1F)CN(Cc1ccccc1)[C@@H](CO)c1ccccc1. The van der Waals surface area contributed by atoms with Gasteiger partial charge >= 0.3 is 0 Å². The summed E-state index contributed by atoms with van der Waals surface area (Å²) in [6.45, 7) is 3.47. The first-order valence-electron chi connectivity index (χ1n) is 10.5. The highest BCUT2D eigenvalue weighted by atomic mass is 19.1. The van der Waals surface area contributed by atoms with Gasteiger partial charge in [0.05, 0.1) is 12.6 Å². The number of benzene rings is 3. The second kappa shape index (κ2) is 11.0. The van der Waals surface area contributed by atoms with Crippen molar-refractivity contribution >= 4 is 0 Å². The van der Waals surface area contributed by atoms with Gasteiger partial charge in [-0.05, 0) is 35.1 Å². The van der Waals surface area contributed by atoms with Gasteiger partial charge < -0.3 is 5.11 Å². The molecule has 1 N–H and O–H groups in total. The van der Waals surface area contributed by atoms with Crippen LogP contribution in [0.5, 0.6) is 0 Å².